The minimum atomic E-state index is -3.00. The number of para-hydroxylation sites is 2. The van der Waals surface area contributed by atoms with E-state index in [-0.39, 0.29) is 29.9 Å². The fraction of sp³-hybridized carbons (Fsp3) is 0.467. The van der Waals surface area contributed by atoms with E-state index in [2.05, 4.69) is 5.32 Å². The van der Waals surface area contributed by atoms with Gasteiger partial charge in [0.2, 0.25) is 5.91 Å². The van der Waals surface area contributed by atoms with Gasteiger partial charge in [-0.15, -0.1) is 0 Å². The molecule has 23 heavy (non-hydrogen) atoms. The zero-order valence-corrected chi connectivity index (χ0v) is 13.3. The van der Waals surface area contributed by atoms with Gasteiger partial charge in [0.1, 0.15) is 0 Å². The van der Waals surface area contributed by atoms with Crippen LogP contribution in [0.2, 0.25) is 0 Å². The van der Waals surface area contributed by atoms with Crippen LogP contribution >= 0.6 is 0 Å². The molecule has 2 aromatic rings. The Morgan fingerprint density at radius 3 is 2.87 bits per heavy atom. The molecule has 1 N–H and O–H groups in total. The maximum absolute atomic E-state index is 11.9. The first-order valence-corrected chi connectivity index (χ1v) is 9.35. The Bertz CT molecular complexity index is 881. The maximum Gasteiger partial charge on any atom is 0.419 e. The third-order valence-corrected chi connectivity index (χ3v) is 5.72. The normalized spacial score (nSPS) is 19.9. The van der Waals surface area contributed by atoms with Crippen LogP contribution in [0.3, 0.4) is 0 Å². The number of carbonyl (C=O) groups is 1. The highest BCUT2D eigenvalue weighted by Crippen LogP contribution is 2.13. The predicted octanol–water partition coefficient (Wildman–Crippen LogP) is 0.678. The number of nitrogens with one attached hydrogen (secondary N) is 1. The van der Waals surface area contributed by atoms with Crippen molar-refractivity contribution in [3.05, 3.63) is 34.8 Å². The molecule has 1 amide bonds. The van der Waals surface area contributed by atoms with Gasteiger partial charge < -0.3 is 9.73 Å². The molecule has 1 aliphatic rings. The highest BCUT2D eigenvalue weighted by molar-refractivity contribution is 7.91. The van der Waals surface area contributed by atoms with E-state index in [0.717, 1.165) is 0 Å². The molecule has 1 atom stereocenters. The maximum atomic E-state index is 11.9. The quantitative estimate of drug-likeness (QED) is 0.864. The zero-order chi connectivity index (χ0) is 16.4. The number of sulfone groups is 1. The van der Waals surface area contributed by atoms with Crippen molar-refractivity contribution >= 4 is 26.8 Å². The molecule has 0 radical (unpaired) electrons. The van der Waals surface area contributed by atoms with Crippen LogP contribution in [-0.2, 0) is 21.2 Å². The van der Waals surface area contributed by atoms with Crippen molar-refractivity contribution in [1.82, 2.24) is 9.88 Å². The van der Waals surface area contributed by atoms with E-state index < -0.39 is 15.6 Å². The summed E-state index contributed by atoms with van der Waals surface area (Å²) in [6.45, 7) is 0.381. The van der Waals surface area contributed by atoms with Crippen molar-refractivity contribution in [2.24, 2.45) is 0 Å². The Labute approximate surface area is 133 Å². The van der Waals surface area contributed by atoms with Crippen molar-refractivity contribution in [3.63, 3.8) is 0 Å². The van der Waals surface area contributed by atoms with Crippen LogP contribution in [-0.4, -0.2) is 36.4 Å². The second-order valence-corrected chi connectivity index (χ2v) is 7.99. The number of benzene rings is 1. The average Bonchev–Trinajstić information content (AvgIpc) is 2.99. The Morgan fingerprint density at radius 1 is 1.35 bits per heavy atom. The summed E-state index contributed by atoms with van der Waals surface area (Å²) in [5, 5.41) is 2.74. The number of hydrogen-bond acceptors (Lipinski definition) is 5. The lowest BCUT2D eigenvalue weighted by Crippen LogP contribution is -2.35. The fourth-order valence-electron chi connectivity index (χ4n) is 2.83. The monoisotopic (exact) mass is 338 g/mol. The lowest BCUT2D eigenvalue weighted by atomic mass is 10.2. The molecule has 8 heteroatoms. The zero-order valence-electron chi connectivity index (χ0n) is 12.5. The number of aromatic nitrogens is 1. The highest BCUT2D eigenvalue weighted by Gasteiger charge is 2.28. The number of aryl methyl sites for hydroxylation is 1. The molecule has 0 spiro atoms. The first kappa shape index (κ1) is 15.8. The van der Waals surface area contributed by atoms with Gasteiger partial charge in [0, 0.05) is 19.0 Å². The molecule has 1 aliphatic heterocycles. The summed E-state index contributed by atoms with van der Waals surface area (Å²) in [6, 6.07) is 6.84. The summed E-state index contributed by atoms with van der Waals surface area (Å²) in [5.41, 5.74) is 1.23. The van der Waals surface area contributed by atoms with Gasteiger partial charge in [0.05, 0.1) is 17.0 Å². The molecule has 0 saturated carbocycles. The molecule has 2 heterocycles. The number of fused-ring (bicyclic) bond motifs is 1. The number of oxazole rings is 1. The van der Waals surface area contributed by atoms with Crippen LogP contribution < -0.4 is 11.1 Å². The molecule has 0 aliphatic carbocycles. The second-order valence-electron chi connectivity index (χ2n) is 5.76. The SMILES string of the molecule is O=C(CCCn1c(=O)oc2ccccc21)N[C@H]1CCS(=O)(=O)C1. The minimum Gasteiger partial charge on any atom is -0.408 e. The van der Waals surface area contributed by atoms with E-state index in [1.807, 2.05) is 6.07 Å². The van der Waals surface area contributed by atoms with Gasteiger partial charge in [0.25, 0.3) is 0 Å². The van der Waals surface area contributed by atoms with E-state index in [0.29, 0.717) is 30.5 Å². The summed E-state index contributed by atoms with van der Waals surface area (Å²) in [4.78, 5) is 23.7. The fourth-order valence-corrected chi connectivity index (χ4v) is 4.51. The van der Waals surface area contributed by atoms with E-state index in [9.17, 15) is 18.0 Å². The summed E-state index contributed by atoms with van der Waals surface area (Å²) in [7, 11) is -3.00. The van der Waals surface area contributed by atoms with Crippen LogP contribution in [0.15, 0.2) is 33.5 Å². The van der Waals surface area contributed by atoms with Gasteiger partial charge in [-0.1, -0.05) is 12.1 Å². The van der Waals surface area contributed by atoms with Gasteiger partial charge in [0.15, 0.2) is 15.4 Å². The van der Waals surface area contributed by atoms with Crippen molar-refractivity contribution in [2.75, 3.05) is 11.5 Å². The lowest BCUT2D eigenvalue weighted by Gasteiger charge is -2.10. The summed E-state index contributed by atoms with van der Waals surface area (Å²) in [5.74, 6) is -0.472. The topological polar surface area (TPSA) is 98.4 Å². The number of amides is 1. The van der Waals surface area contributed by atoms with Crippen LogP contribution in [0.25, 0.3) is 11.1 Å². The number of carbonyl (C=O) groups excluding carboxylic acids is 1. The summed E-state index contributed by atoms with van der Waals surface area (Å²) in [6.07, 6.45) is 1.19. The molecular weight excluding hydrogens is 320 g/mol. The van der Waals surface area contributed by atoms with E-state index in [1.54, 1.807) is 18.2 Å². The third kappa shape index (κ3) is 3.64. The third-order valence-electron chi connectivity index (χ3n) is 3.96. The van der Waals surface area contributed by atoms with E-state index in [1.165, 1.54) is 4.57 Å². The predicted molar refractivity (Wildman–Crippen MR) is 84.9 cm³/mol. The van der Waals surface area contributed by atoms with Crippen LogP contribution in [0.4, 0.5) is 0 Å². The van der Waals surface area contributed by atoms with E-state index in [4.69, 9.17) is 4.42 Å². The Kier molecular flexibility index (Phi) is 4.25. The van der Waals surface area contributed by atoms with Crippen molar-refractivity contribution < 1.29 is 17.6 Å². The smallest absolute Gasteiger partial charge is 0.408 e. The Balaban J connectivity index is 1.54. The highest BCUT2D eigenvalue weighted by atomic mass is 32.2. The van der Waals surface area contributed by atoms with Crippen LogP contribution in [0.5, 0.6) is 0 Å². The molecule has 1 aromatic heterocycles. The molecule has 124 valence electrons. The van der Waals surface area contributed by atoms with Crippen LogP contribution in [0, 0.1) is 0 Å². The van der Waals surface area contributed by atoms with Gasteiger partial charge in [-0.25, -0.2) is 13.2 Å². The van der Waals surface area contributed by atoms with Crippen molar-refractivity contribution in [2.45, 2.75) is 31.8 Å². The molecule has 7 nitrogen and oxygen atoms in total. The summed E-state index contributed by atoms with van der Waals surface area (Å²) < 4.78 is 29.3. The molecule has 0 unspecified atom stereocenters. The van der Waals surface area contributed by atoms with E-state index >= 15 is 0 Å². The van der Waals surface area contributed by atoms with Gasteiger partial charge >= 0.3 is 5.76 Å². The van der Waals surface area contributed by atoms with Gasteiger partial charge in [-0.2, -0.15) is 0 Å². The van der Waals surface area contributed by atoms with Crippen LogP contribution in [0.1, 0.15) is 19.3 Å². The number of rotatable bonds is 5. The Hall–Kier alpha value is -2.09. The molecule has 0 bridgehead atoms. The number of hydrogen-bond donors (Lipinski definition) is 1. The first-order chi connectivity index (χ1) is 10.9. The second kappa shape index (κ2) is 6.19. The molecule has 1 fully saturated rings. The summed E-state index contributed by atoms with van der Waals surface area (Å²) >= 11 is 0. The number of nitrogens with zero attached hydrogens (tertiary/aromatic N) is 1. The molecular formula is C15H18N2O5S. The largest absolute Gasteiger partial charge is 0.419 e. The standard InChI is InChI=1S/C15H18N2O5S/c18-14(16-11-7-9-23(20,21)10-11)6-3-8-17-12-4-1-2-5-13(12)22-15(17)19/h1-2,4-5,11H,3,6-10H2,(H,16,18)/t11-/m0/s1. The Morgan fingerprint density at radius 2 is 2.13 bits per heavy atom. The van der Waals surface area contributed by atoms with Crippen molar-refractivity contribution in [1.29, 1.82) is 0 Å². The van der Waals surface area contributed by atoms with Gasteiger partial charge in [-0.3, -0.25) is 9.36 Å². The first-order valence-electron chi connectivity index (χ1n) is 7.53. The van der Waals surface area contributed by atoms with Crippen molar-refractivity contribution in [3.8, 4) is 0 Å². The minimum absolute atomic E-state index is 0.0184. The lowest BCUT2D eigenvalue weighted by molar-refractivity contribution is -0.121. The molecule has 1 aromatic carbocycles. The molecule has 3 rings (SSSR count). The average molecular weight is 338 g/mol. The molecule has 1 saturated heterocycles. The van der Waals surface area contributed by atoms with Gasteiger partial charge in [-0.05, 0) is 25.0 Å².